The van der Waals surface area contributed by atoms with Crippen molar-refractivity contribution in [2.45, 2.75) is 41.4 Å². The molecule has 1 aromatic rings. The molecule has 2 heterocycles. The Morgan fingerprint density at radius 1 is 1.42 bits per heavy atom. The van der Waals surface area contributed by atoms with E-state index in [0.29, 0.717) is 5.56 Å². The van der Waals surface area contributed by atoms with E-state index >= 15 is 0 Å². The summed E-state index contributed by atoms with van der Waals surface area (Å²) in [6, 6.07) is 5.19. The smallest absolute Gasteiger partial charge is 0.330 e. The number of alkyl halides is 1. The van der Waals surface area contributed by atoms with E-state index in [1.807, 2.05) is 13.8 Å². The molecule has 0 bridgehead atoms. The Morgan fingerprint density at radius 2 is 2.04 bits per heavy atom. The molecule has 9 heteroatoms. The maximum atomic E-state index is 12.5. The van der Waals surface area contributed by atoms with Gasteiger partial charge in [-0.2, -0.15) is 0 Å². The zero-order valence-electron chi connectivity index (χ0n) is 13.0. The number of nitrogens with zero attached hydrogens (tertiary/aromatic N) is 2. The topological polar surface area (TPSA) is 89.8 Å². The first-order valence-electron chi connectivity index (χ1n) is 7.26. The van der Waals surface area contributed by atoms with E-state index in [-0.39, 0.29) is 28.4 Å². The fraction of sp³-hybridized carbons (Fsp3) is 0.467. The Labute approximate surface area is 151 Å². The Bertz CT molecular complexity index is 708. The van der Waals surface area contributed by atoms with Crippen molar-refractivity contribution >= 4 is 45.3 Å². The average molecular weight is 415 g/mol. The predicted octanol–water partition coefficient (Wildman–Crippen LogP) is 2.46. The fourth-order valence-electron chi connectivity index (χ4n) is 2.89. The molecule has 0 unspecified atom stereocenters. The van der Waals surface area contributed by atoms with E-state index in [1.165, 1.54) is 12.1 Å². The largest absolute Gasteiger partial charge is 0.459 e. The van der Waals surface area contributed by atoms with E-state index in [1.54, 1.807) is 28.8 Å². The van der Waals surface area contributed by atoms with Crippen LogP contribution < -0.4 is 0 Å². The zero-order chi connectivity index (χ0) is 17.6. The van der Waals surface area contributed by atoms with Gasteiger partial charge in [0.1, 0.15) is 22.8 Å². The number of nitro groups is 1. The van der Waals surface area contributed by atoms with E-state index < -0.39 is 21.7 Å². The van der Waals surface area contributed by atoms with Gasteiger partial charge in [0.15, 0.2) is 0 Å². The Kier molecular flexibility index (Phi) is 4.33. The van der Waals surface area contributed by atoms with Gasteiger partial charge in [-0.1, -0.05) is 15.9 Å². The van der Waals surface area contributed by atoms with Crippen molar-refractivity contribution in [3.8, 4) is 0 Å². The number of non-ortho nitro benzene ring substituents is 1. The SMILES string of the molecule is CC1(C)S[C@@H]2[C@H](Br)C(=O)N2[C@H]1C(=O)OCc1ccc([N+](=O)[O-])cc1. The number of rotatable bonds is 4. The van der Waals surface area contributed by atoms with Gasteiger partial charge in [-0.25, -0.2) is 4.79 Å². The number of halogens is 1. The highest BCUT2D eigenvalue weighted by molar-refractivity contribution is 9.10. The second kappa shape index (κ2) is 6.03. The number of ether oxygens (including phenoxy) is 1. The number of fused-ring (bicyclic) bond motifs is 1. The van der Waals surface area contributed by atoms with Crippen LogP contribution in [-0.4, -0.2) is 42.7 Å². The summed E-state index contributed by atoms with van der Waals surface area (Å²) >= 11 is 4.91. The monoisotopic (exact) mass is 414 g/mol. The molecule has 1 aromatic carbocycles. The second-order valence-electron chi connectivity index (χ2n) is 6.19. The van der Waals surface area contributed by atoms with Crippen LogP contribution in [0.5, 0.6) is 0 Å². The Hall–Kier alpha value is -1.61. The summed E-state index contributed by atoms with van der Waals surface area (Å²) in [4.78, 5) is 36.0. The van der Waals surface area contributed by atoms with E-state index in [0.717, 1.165) is 0 Å². The van der Waals surface area contributed by atoms with Gasteiger partial charge >= 0.3 is 5.97 Å². The molecule has 0 radical (unpaired) electrons. The molecular formula is C15H15BrN2O5S. The van der Waals surface area contributed by atoms with Crippen LogP contribution in [0.2, 0.25) is 0 Å². The van der Waals surface area contributed by atoms with Gasteiger partial charge in [0.25, 0.3) is 5.69 Å². The molecule has 24 heavy (non-hydrogen) atoms. The standard InChI is InChI=1S/C15H15BrN2O5S/c1-15(2)11(17-12(19)10(16)13(17)24-15)14(20)23-7-8-3-5-9(6-4-8)18(21)22/h3-6,10-11,13H,7H2,1-2H3/t10-,11+,13-/m1/s1. The predicted molar refractivity (Wildman–Crippen MR) is 91.7 cm³/mol. The number of thioether (sulfide) groups is 1. The molecule has 2 aliphatic heterocycles. The number of carbonyl (C=O) groups is 2. The number of β-lactam (4-membered cyclic amide) rings is 1. The maximum Gasteiger partial charge on any atom is 0.330 e. The highest BCUT2D eigenvalue weighted by Crippen LogP contribution is 2.52. The lowest BCUT2D eigenvalue weighted by atomic mass is 9.98. The molecule has 0 aliphatic carbocycles. The lowest BCUT2D eigenvalue weighted by molar-refractivity contribution is -0.384. The molecule has 7 nitrogen and oxygen atoms in total. The van der Waals surface area contributed by atoms with Gasteiger partial charge in [-0.05, 0) is 31.5 Å². The van der Waals surface area contributed by atoms with Gasteiger partial charge in [-0.15, -0.1) is 11.8 Å². The molecular weight excluding hydrogens is 400 g/mol. The Balaban J connectivity index is 1.66. The molecule has 0 aromatic heterocycles. The van der Waals surface area contributed by atoms with Crippen LogP contribution in [0, 0.1) is 10.1 Å². The molecule has 2 saturated heterocycles. The first-order chi connectivity index (χ1) is 11.2. The molecule has 0 N–H and O–H groups in total. The van der Waals surface area contributed by atoms with Crippen LogP contribution >= 0.6 is 27.7 Å². The van der Waals surface area contributed by atoms with Crippen LogP contribution in [0.1, 0.15) is 19.4 Å². The highest BCUT2D eigenvalue weighted by atomic mass is 79.9. The first-order valence-corrected chi connectivity index (χ1v) is 9.06. The van der Waals surface area contributed by atoms with Gasteiger partial charge < -0.3 is 9.64 Å². The van der Waals surface area contributed by atoms with Crippen molar-refractivity contribution in [2.24, 2.45) is 0 Å². The molecule has 0 spiro atoms. The highest BCUT2D eigenvalue weighted by Gasteiger charge is 2.63. The van der Waals surface area contributed by atoms with Crippen molar-refractivity contribution in [3.05, 3.63) is 39.9 Å². The molecule has 0 saturated carbocycles. The van der Waals surface area contributed by atoms with Crippen molar-refractivity contribution in [2.75, 3.05) is 0 Å². The maximum absolute atomic E-state index is 12.5. The summed E-state index contributed by atoms with van der Waals surface area (Å²) in [5, 5.41) is 10.6. The third kappa shape index (κ3) is 2.79. The lowest BCUT2D eigenvalue weighted by Gasteiger charge is -2.41. The zero-order valence-corrected chi connectivity index (χ0v) is 15.4. The number of benzene rings is 1. The molecule has 1 amide bonds. The van der Waals surface area contributed by atoms with Gasteiger partial charge in [0.2, 0.25) is 5.91 Å². The minimum Gasteiger partial charge on any atom is -0.459 e. The quantitative estimate of drug-likeness (QED) is 0.247. The molecule has 3 atom stereocenters. The van der Waals surface area contributed by atoms with Crippen molar-refractivity contribution < 1.29 is 19.2 Å². The fourth-order valence-corrected chi connectivity index (χ4v) is 5.25. The molecule has 3 rings (SSSR count). The number of carbonyl (C=O) groups excluding carboxylic acids is 2. The first kappa shape index (κ1) is 17.2. The van der Waals surface area contributed by atoms with E-state index in [9.17, 15) is 19.7 Å². The summed E-state index contributed by atoms with van der Waals surface area (Å²) in [6.45, 7) is 3.85. The number of nitro benzene ring substituents is 1. The van der Waals surface area contributed by atoms with Gasteiger partial charge in [0.05, 0.1) is 4.92 Å². The molecule has 2 aliphatic rings. The summed E-state index contributed by atoms with van der Waals surface area (Å²) in [6.07, 6.45) is 0. The normalized spacial score (nSPS) is 27.4. The van der Waals surface area contributed by atoms with E-state index in [4.69, 9.17) is 4.74 Å². The third-order valence-electron chi connectivity index (χ3n) is 4.13. The number of esters is 1. The van der Waals surface area contributed by atoms with Crippen LogP contribution in [0.4, 0.5) is 5.69 Å². The lowest BCUT2D eigenvalue weighted by Crippen LogP contribution is -2.63. The van der Waals surface area contributed by atoms with Crippen LogP contribution in [0.15, 0.2) is 24.3 Å². The van der Waals surface area contributed by atoms with Crippen molar-refractivity contribution in [3.63, 3.8) is 0 Å². The van der Waals surface area contributed by atoms with Crippen molar-refractivity contribution in [1.29, 1.82) is 0 Å². The number of amides is 1. The summed E-state index contributed by atoms with van der Waals surface area (Å²) in [5.74, 6) is -0.559. The molecule has 128 valence electrons. The minimum absolute atomic E-state index is 0.0124. The average Bonchev–Trinajstić information content (AvgIpc) is 2.81. The van der Waals surface area contributed by atoms with Gasteiger partial charge in [0, 0.05) is 16.9 Å². The summed E-state index contributed by atoms with van der Waals surface area (Å²) in [7, 11) is 0. The number of hydrogen-bond donors (Lipinski definition) is 0. The number of hydrogen-bond acceptors (Lipinski definition) is 6. The summed E-state index contributed by atoms with van der Waals surface area (Å²) in [5.41, 5.74) is 0.637. The Morgan fingerprint density at radius 3 is 2.62 bits per heavy atom. The second-order valence-corrected chi connectivity index (χ2v) is 8.95. The summed E-state index contributed by atoms with van der Waals surface area (Å²) < 4.78 is 4.92. The molecule has 2 fully saturated rings. The van der Waals surface area contributed by atoms with Crippen LogP contribution in [-0.2, 0) is 20.9 Å². The van der Waals surface area contributed by atoms with Crippen LogP contribution in [0.25, 0.3) is 0 Å². The minimum atomic E-state index is -0.633. The third-order valence-corrected chi connectivity index (χ3v) is 6.94. The van der Waals surface area contributed by atoms with Gasteiger partial charge in [-0.3, -0.25) is 14.9 Å². The van der Waals surface area contributed by atoms with Crippen molar-refractivity contribution in [1.82, 2.24) is 4.90 Å². The van der Waals surface area contributed by atoms with Crippen LogP contribution in [0.3, 0.4) is 0 Å². The van der Waals surface area contributed by atoms with E-state index in [2.05, 4.69) is 15.9 Å².